The predicted molar refractivity (Wildman–Crippen MR) is 255 cm³/mol. The number of furan rings is 1. The average Bonchev–Trinajstić information content (AvgIpc) is 3.75. The summed E-state index contributed by atoms with van der Waals surface area (Å²) in [7, 11) is 2.42. The van der Waals surface area contributed by atoms with Crippen LogP contribution in [0.5, 0.6) is 0 Å². The molecule has 0 saturated carbocycles. The molecule has 9 aromatic rings. The van der Waals surface area contributed by atoms with Crippen LogP contribution in [0.25, 0.3) is 71.0 Å². The standard InChI is InChI=1S/C54H44BN2OS/c1-31-25-49(32-13-9-8-10-14-32)59-50-30-46-43(27-39(31)50)55-51-37(40-26-34(54(5,6)7)19-24-44(40)56-35-20-17-33(18-21-35)53(2,3)4)22-23-38-41-29-48-42(28-45(41)57(46)52(38)51)36-15-11-12-16-47(36)58-48/h8-30,56H,1H2,2-7H3. The lowest BCUT2D eigenvalue weighted by Crippen LogP contribution is -2.37. The molecule has 0 fully saturated rings. The molecule has 1 radical (unpaired) electrons. The fourth-order valence-electron chi connectivity index (χ4n) is 9.04. The summed E-state index contributed by atoms with van der Waals surface area (Å²) in [5, 5.41) is 8.50. The molecule has 3 nitrogen and oxygen atoms in total. The van der Waals surface area contributed by atoms with E-state index in [1.165, 1.54) is 81.6 Å². The van der Waals surface area contributed by atoms with E-state index >= 15 is 0 Å². The molecule has 0 spiro atoms. The van der Waals surface area contributed by atoms with Gasteiger partial charge in [0.15, 0.2) is 7.28 Å². The van der Waals surface area contributed by atoms with Gasteiger partial charge >= 0.3 is 0 Å². The van der Waals surface area contributed by atoms with Gasteiger partial charge < -0.3 is 14.3 Å². The number of anilines is 2. The van der Waals surface area contributed by atoms with Gasteiger partial charge in [-0.15, -0.1) is 0 Å². The maximum absolute atomic E-state index is 6.50. The number of rotatable bonds is 4. The van der Waals surface area contributed by atoms with Crippen LogP contribution in [0.15, 0.2) is 155 Å². The number of aromatic nitrogens is 1. The third kappa shape index (κ3) is 5.81. The zero-order valence-electron chi connectivity index (χ0n) is 34.3. The Balaban J connectivity index is 1.16. The number of hydrogen-bond donors (Lipinski definition) is 1. The largest absolute Gasteiger partial charge is 0.456 e. The van der Waals surface area contributed by atoms with Gasteiger partial charge in [0.25, 0.3) is 0 Å². The second-order valence-corrected chi connectivity index (χ2v) is 19.3. The van der Waals surface area contributed by atoms with Crippen molar-refractivity contribution in [2.45, 2.75) is 57.3 Å². The third-order valence-electron chi connectivity index (χ3n) is 12.3. The van der Waals surface area contributed by atoms with Crippen LogP contribution in [0.3, 0.4) is 0 Å². The molecule has 7 aromatic carbocycles. The van der Waals surface area contributed by atoms with E-state index in [2.05, 4.69) is 199 Å². The Kier molecular flexibility index (Phi) is 7.87. The smallest absolute Gasteiger partial charge is 0.197 e. The topological polar surface area (TPSA) is 30.1 Å². The summed E-state index contributed by atoms with van der Waals surface area (Å²) in [4.78, 5) is 2.43. The Morgan fingerprint density at radius 3 is 2.15 bits per heavy atom. The highest BCUT2D eigenvalue weighted by Gasteiger charge is 2.30. The molecule has 0 atom stereocenters. The molecule has 0 saturated heterocycles. The minimum Gasteiger partial charge on any atom is -0.456 e. The van der Waals surface area contributed by atoms with Crippen LogP contribution in [0, 0.1) is 0 Å². The first-order valence-corrected chi connectivity index (χ1v) is 21.3. The lowest BCUT2D eigenvalue weighted by molar-refractivity contribution is 0.590. The van der Waals surface area contributed by atoms with Crippen LogP contribution < -0.4 is 16.2 Å². The van der Waals surface area contributed by atoms with E-state index < -0.39 is 0 Å². The molecule has 4 heterocycles. The van der Waals surface area contributed by atoms with Crippen LogP contribution in [0.2, 0.25) is 0 Å². The Labute approximate surface area is 350 Å². The summed E-state index contributed by atoms with van der Waals surface area (Å²) in [5.74, 6) is 0. The van der Waals surface area contributed by atoms with E-state index in [0.717, 1.165) is 38.9 Å². The molecule has 59 heavy (non-hydrogen) atoms. The van der Waals surface area contributed by atoms with Gasteiger partial charge in [-0.1, -0.05) is 150 Å². The van der Waals surface area contributed by atoms with Crippen molar-refractivity contribution in [3.8, 4) is 16.8 Å². The van der Waals surface area contributed by atoms with Gasteiger partial charge in [-0.3, -0.25) is 0 Å². The van der Waals surface area contributed by atoms with Gasteiger partial charge in [0.1, 0.15) is 11.2 Å². The fourth-order valence-corrected chi connectivity index (χ4v) is 10.2. The van der Waals surface area contributed by atoms with Crippen LogP contribution in [0.1, 0.15) is 63.8 Å². The molecule has 0 bridgehead atoms. The number of hydrogen-bond acceptors (Lipinski definition) is 3. The molecule has 1 N–H and O–H groups in total. The Morgan fingerprint density at radius 2 is 1.37 bits per heavy atom. The SMILES string of the molecule is C=C1C=C(c2ccccc2)Sc2cc3c(cc21)[B]c1c(-c2cc(C(C)(C)C)ccc2Nc2ccc(C(C)(C)C)cc2)ccc2c4cc5oc6ccccc6c5cc4n-3c12. The van der Waals surface area contributed by atoms with Crippen molar-refractivity contribution >= 4 is 95.6 Å². The molecule has 285 valence electrons. The van der Waals surface area contributed by atoms with Crippen LogP contribution in [-0.2, 0) is 10.8 Å². The van der Waals surface area contributed by atoms with Gasteiger partial charge in [-0.2, -0.15) is 0 Å². The molecular weight excluding hydrogens is 735 g/mol. The summed E-state index contributed by atoms with van der Waals surface area (Å²) >= 11 is 1.83. The highest BCUT2D eigenvalue weighted by atomic mass is 32.2. The zero-order valence-corrected chi connectivity index (χ0v) is 35.1. The second kappa shape index (κ2) is 12.9. The third-order valence-corrected chi connectivity index (χ3v) is 13.4. The van der Waals surface area contributed by atoms with Gasteiger partial charge in [0.2, 0.25) is 0 Å². The number of benzene rings is 7. The number of allylic oxidation sites excluding steroid dienone is 2. The van der Waals surface area contributed by atoms with E-state index in [0.29, 0.717) is 0 Å². The highest BCUT2D eigenvalue weighted by molar-refractivity contribution is 8.08. The van der Waals surface area contributed by atoms with Gasteiger partial charge in [0.05, 0.1) is 5.52 Å². The van der Waals surface area contributed by atoms with E-state index in [-0.39, 0.29) is 10.8 Å². The van der Waals surface area contributed by atoms with Crippen molar-refractivity contribution in [2.75, 3.05) is 5.32 Å². The van der Waals surface area contributed by atoms with Crippen LogP contribution in [-0.4, -0.2) is 11.8 Å². The first-order valence-electron chi connectivity index (χ1n) is 20.5. The van der Waals surface area contributed by atoms with E-state index in [4.69, 9.17) is 4.42 Å². The number of nitrogens with zero attached hydrogens (tertiary/aromatic N) is 1. The Morgan fingerprint density at radius 1 is 0.627 bits per heavy atom. The minimum absolute atomic E-state index is 0.0335. The molecular formula is C54H44BN2OS. The minimum atomic E-state index is -0.0335. The number of thioether (sulfide) groups is 1. The summed E-state index contributed by atoms with van der Waals surface area (Å²) in [6.45, 7) is 18.3. The monoisotopic (exact) mass is 779 g/mol. The molecule has 5 heteroatoms. The van der Waals surface area contributed by atoms with Crippen molar-refractivity contribution in [1.29, 1.82) is 0 Å². The van der Waals surface area contributed by atoms with E-state index in [1.54, 1.807) is 0 Å². The van der Waals surface area contributed by atoms with Gasteiger partial charge in [-0.25, -0.2) is 0 Å². The van der Waals surface area contributed by atoms with Crippen molar-refractivity contribution in [1.82, 2.24) is 4.57 Å². The lowest BCUT2D eigenvalue weighted by atomic mass is 9.58. The molecule has 2 aliphatic rings. The molecule has 0 unspecified atom stereocenters. The molecule has 2 aliphatic heterocycles. The van der Waals surface area contributed by atoms with Crippen molar-refractivity contribution in [2.24, 2.45) is 0 Å². The number of fused-ring (bicyclic) bond motifs is 9. The number of nitrogens with one attached hydrogen (secondary N) is 1. The van der Waals surface area contributed by atoms with Gasteiger partial charge in [-0.05, 0) is 104 Å². The fraction of sp³-hybridized carbons (Fsp3) is 0.148. The summed E-state index contributed by atoms with van der Waals surface area (Å²) in [6, 6.07) is 48.9. The number of para-hydroxylation sites is 1. The maximum atomic E-state index is 6.50. The van der Waals surface area contributed by atoms with Crippen molar-refractivity contribution in [3.63, 3.8) is 0 Å². The predicted octanol–water partition coefficient (Wildman–Crippen LogP) is 13.8. The van der Waals surface area contributed by atoms with Gasteiger partial charge in [0, 0.05) is 59.5 Å². The van der Waals surface area contributed by atoms with E-state index in [9.17, 15) is 0 Å². The first kappa shape index (κ1) is 36.0. The Hall–Kier alpha value is -6.17. The maximum Gasteiger partial charge on any atom is 0.197 e. The van der Waals surface area contributed by atoms with E-state index in [1.807, 2.05) is 17.8 Å². The summed E-state index contributed by atoms with van der Waals surface area (Å²) < 4.78 is 9.02. The summed E-state index contributed by atoms with van der Waals surface area (Å²) in [5.41, 5.74) is 18.4. The normalized spacial score (nSPS) is 13.8. The second-order valence-electron chi connectivity index (χ2n) is 18.2. The highest BCUT2D eigenvalue weighted by Crippen LogP contribution is 2.47. The molecule has 0 aliphatic carbocycles. The quantitative estimate of drug-likeness (QED) is 0.180. The van der Waals surface area contributed by atoms with Crippen LogP contribution >= 0.6 is 11.8 Å². The van der Waals surface area contributed by atoms with Crippen molar-refractivity contribution < 1.29 is 4.42 Å². The molecule has 0 amide bonds. The molecule has 2 aromatic heterocycles. The Bertz CT molecular complexity index is 3260. The van der Waals surface area contributed by atoms with Crippen LogP contribution in [0.4, 0.5) is 11.4 Å². The summed E-state index contributed by atoms with van der Waals surface area (Å²) in [6.07, 6.45) is 2.24. The average molecular weight is 780 g/mol. The first-order chi connectivity index (χ1) is 28.4. The van der Waals surface area contributed by atoms with Crippen molar-refractivity contribution in [3.05, 3.63) is 168 Å². The lowest BCUT2D eigenvalue weighted by Gasteiger charge is -2.28. The zero-order chi connectivity index (χ0) is 40.4. The molecule has 11 rings (SSSR count).